The van der Waals surface area contributed by atoms with Gasteiger partial charge in [-0.05, 0) is 25.8 Å². The molecule has 3 heteroatoms. The molecule has 0 spiro atoms. The lowest BCUT2D eigenvalue weighted by molar-refractivity contribution is -0.129. The van der Waals surface area contributed by atoms with Crippen molar-refractivity contribution >= 4 is 5.91 Å². The van der Waals surface area contributed by atoms with Gasteiger partial charge in [0.15, 0.2) is 0 Å². The average molecular weight is 246 g/mol. The predicted molar refractivity (Wildman–Crippen MR) is 73.1 cm³/mol. The van der Waals surface area contributed by atoms with Gasteiger partial charge in [-0.15, -0.1) is 0 Å². The summed E-state index contributed by atoms with van der Waals surface area (Å²) in [5.41, 5.74) is 2.42. The fourth-order valence-corrected chi connectivity index (χ4v) is 2.37. The number of amides is 1. The summed E-state index contributed by atoms with van der Waals surface area (Å²) in [6, 6.07) is 8.34. The van der Waals surface area contributed by atoms with Crippen LogP contribution in [0.5, 0.6) is 0 Å². The van der Waals surface area contributed by atoms with Crippen LogP contribution < -0.4 is 5.32 Å². The van der Waals surface area contributed by atoms with Crippen molar-refractivity contribution in [1.29, 1.82) is 0 Å². The summed E-state index contributed by atoms with van der Waals surface area (Å²) >= 11 is 0. The first-order valence-electron chi connectivity index (χ1n) is 6.76. The minimum atomic E-state index is -0.0758. The minimum absolute atomic E-state index is 0.0413. The fraction of sp³-hybridized carbons (Fsp3) is 0.533. The third-order valence-corrected chi connectivity index (χ3v) is 3.52. The standard InChI is InChI=1S/C15H22N2O/c1-4-5-10-17-14(16-12(3)15(17)18)13-8-6-11(2)7-9-13/h6-9,12,14,16H,4-5,10H2,1-3H3. The Kier molecular flexibility index (Phi) is 4.02. The smallest absolute Gasteiger partial charge is 0.241 e. The van der Waals surface area contributed by atoms with Gasteiger partial charge in [-0.1, -0.05) is 43.2 Å². The summed E-state index contributed by atoms with van der Waals surface area (Å²) in [6.45, 7) is 7.01. The van der Waals surface area contributed by atoms with Crippen LogP contribution in [0, 0.1) is 6.92 Å². The molecule has 2 rings (SSSR count). The van der Waals surface area contributed by atoms with Gasteiger partial charge in [0.25, 0.3) is 0 Å². The number of unbranched alkanes of at least 4 members (excludes halogenated alkanes) is 1. The van der Waals surface area contributed by atoms with Crippen LogP contribution in [-0.2, 0) is 4.79 Å². The van der Waals surface area contributed by atoms with E-state index in [0.29, 0.717) is 0 Å². The minimum Gasteiger partial charge on any atom is -0.322 e. The van der Waals surface area contributed by atoms with E-state index in [9.17, 15) is 4.79 Å². The SMILES string of the molecule is CCCCN1C(=O)C(C)NC1c1ccc(C)cc1. The topological polar surface area (TPSA) is 32.3 Å². The van der Waals surface area contributed by atoms with E-state index < -0.39 is 0 Å². The third-order valence-electron chi connectivity index (χ3n) is 3.52. The average Bonchev–Trinajstić information content (AvgIpc) is 2.64. The first-order valence-corrected chi connectivity index (χ1v) is 6.76. The normalized spacial score (nSPS) is 23.7. The van der Waals surface area contributed by atoms with E-state index in [-0.39, 0.29) is 18.1 Å². The molecule has 1 N–H and O–H groups in total. The van der Waals surface area contributed by atoms with Crippen LogP contribution in [0.4, 0.5) is 0 Å². The van der Waals surface area contributed by atoms with Crippen molar-refractivity contribution in [3.05, 3.63) is 35.4 Å². The van der Waals surface area contributed by atoms with E-state index in [1.165, 1.54) is 11.1 Å². The number of benzene rings is 1. The molecule has 1 saturated heterocycles. The number of carbonyl (C=O) groups excluding carboxylic acids is 1. The Bertz CT molecular complexity index is 413. The molecule has 2 atom stereocenters. The molecule has 1 aromatic rings. The molecule has 0 radical (unpaired) electrons. The van der Waals surface area contributed by atoms with Crippen LogP contribution >= 0.6 is 0 Å². The Morgan fingerprint density at radius 1 is 1.28 bits per heavy atom. The van der Waals surface area contributed by atoms with Crippen molar-refractivity contribution < 1.29 is 4.79 Å². The monoisotopic (exact) mass is 246 g/mol. The zero-order valence-electron chi connectivity index (χ0n) is 11.4. The second kappa shape index (κ2) is 5.53. The Labute approximate surface area is 109 Å². The Morgan fingerprint density at radius 3 is 2.56 bits per heavy atom. The molecule has 1 aliphatic rings. The molecule has 0 bridgehead atoms. The maximum Gasteiger partial charge on any atom is 0.241 e. The zero-order valence-corrected chi connectivity index (χ0v) is 11.4. The van der Waals surface area contributed by atoms with Gasteiger partial charge < -0.3 is 4.90 Å². The Hall–Kier alpha value is -1.35. The molecule has 2 unspecified atom stereocenters. The lowest BCUT2D eigenvalue weighted by Gasteiger charge is -2.24. The van der Waals surface area contributed by atoms with Crippen LogP contribution in [0.3, 0.4) is 0 Å². The van der Waals surface area contributed by atoms with E-state index in [1.807, 2.05) is 11.8 Å². The Balaban J connectivity index is 2.19. The fourth-order valence-electron chi connectivity index (χ4n) is 2.37. The number of hydrogen-bond donors (Lipinski definition) is 1. The first kappa shape index (κ1) is 13.1. The molecular formula is C15H22N2O. The highest BCUT2D eigenvalue weighted by Crippen LogP contribution is 2.25. The molecule has 0 aromatic heterocycles. The lowest BCUT2D eigenvalue weighted by atomic mass is 10.1. The summed E-state index contributed by atoms with van der Waals surface area (Å²) in [5.74, 6) is 0.217. The number of nitrogens with zero attached hydrogens (tertiary/aromatic N) is 1. The van der Waals surface area contributed by atoms with Crippen LogP contribution in [0.2, 0.25) is 0 Å². The highest BCUT2D eigenvalue weighted by molar-refractivity contribution is 5.84. The van der Waals surface area contributed by atoms with Gasteiger partial charge >= 0.3 is 0 Å². The van der Waals surface area contributed by atoms with Crippen molar-refractivity contribution in [2.45, 2.75) is 45.8 Å². The molecule has 1 fully saturated rings. The van der Waals surface area contributed by atoms with Gasteiger partial charge in [0.2, 0.25) is 5.91 Å². The van der Waals surface area contributed by atoms with E-state index in [1.54, 1.807) is 0 Å². The van der Waals surface area contributed by atoms with E-state index in [2.05, 4.69) is 43.4 Å². The van der Waals surface area contributed by atoms with Gasteiger partial charge in [0, 0.05) is 6.54 Å². The highest BCUT2D eigenvalue weighted by atomic mass is 16.2. The first-order chi connectivity index (χ1) is 8.63. The van der Waals surface area contributed by atoms with Crippen molar-refractivity contribution in [2.24, 2.45) is 0 Å². The van der Waals surface area contributed by atoms with Gasteiger partial charge in [-0.3, -0.25) is 10.1 Å². The number of nitrogens with one attached hydrogen (secondary N) is 1. The third kappa shape index (κ3) is 2.56. The second-order valence-corrected chi connectivity index (χ2v) is 5.09. The summed E-state index contributed by atoms with van der Waals surface area (Å²) in [6.07, 6.45) is 2.21. The van der Waals surface area contributed by atoms with Crippen LogP contribution in [0.1, 0.15) is 44.0 Å². The molecule has 3 nitrogen and oxygen atoms in total. The molecule has 1 heterocycles. The van der Waals surface area contributed by atoms with E-state index in [4.69, 9.17) is 0 Å². The van der Waals surface area contributed by atoms with Gasteiger partial charge in [0.05, 0.1) is 6.04 Å². The zero-order chi connectivity index (χ0) is 13.1. The van der Waals surface area contributed by atoms with Gasteiger partial charge in [-0.25, -0.2) is 0 Å². The van der Waals surface area contributed by atoms with Crippen LogP contribution in [-0.4, -0.2) is 23.4 Å². The molecule has 1 aromatic carbocycles. The van der Waals surface area contributed by atoms with Crippen LogP contribution in [0.25, 0.3) is 0 Å². The van der Waals surface area contributed by atoms with E-state index in [0.717, 1.165) is 19.4 Å². The number of hydrogen-bond acceptors (Lipinski definition) is 2. The molecule has 1 aliphatic heterocycles. The van der Waals surface area contributed by atoms with Gasteiger partial charge in [0.1, 0.15) is 6.17 Å². The molecule has 0 aliphatic carbocycles. The summed E-state index contributed by atoms with van der Waals surface area (Å²) in [5, 5.41) is 3.37. The van der Waals surface area contributed by atoms with Crippen LogP contribution in [0.15, 0.2) is 24.3 Å². The largest absolute Gasteiger partial charge is 0.322 e. The number of aryl methyl sites for hydroxylation is 1. The molecule has 1 amide bonds. The highest BCUT2D eigenvalue weighted by Gasteiger charge is 2.36. The van der Waals surface area contributed by atoms with Crippen molar-refractivity contribution in [3.63, 3.8) is 0 Å². The maximum absolute atomic E-state index is 12.1. The lowest BCUT2D eigenvalue weighted by Crippen LogP contribution is -2.31. The van der Waals surface area contributed by atoms with Crippen molar-refractivity contribution in [1.82, 2.24) is 10.2 Å². The van der Waals surface area contributed by atoms with Gasteiger partial charge in [-0.2, -0.15) is 0 Å². The molecule has 0 saturated carbocycles. The van der Waals surface area contributed by atoms with Crippen molar-refractivity contribution in [2.75, 3.05) is 6.54 Å². The second-order valence-electron chi connectivity index (χ2n) is 5.09. The van der Waals surface area contributed by atoms with Crippen molar-refractivity contribution in [3.8, 4) is 0 Å². The molecular weight excluding hydrogens is 224 g/mol. The maximum atomic E-state index is 12.1. The number of rotatable bonds is 4. The predicted octanol–water partition coefficient (Wildman–Crippen LogP) is 2.61. The summed E-state index contributed by atoms with van der Waals surface area (Å²) < 4.78 is 0. The Morgan fingerprint density at radius 2 is 1.94 bits per heavy atom. The van der Waals surface area contributed by atoms with E-state index >= 15 is 0 Å². The summed E-state index contributed by atoms with van der Waals surface area (Å²) in [4.78, 5) is 14.1. The quantitative estimate of drug-likeness (QED) is 0.885. The summed E-state index contributed by atoms with van der Waals surface area (Å²) in [7, 11) is 0. The molecule has 18 heavy (non-hydrogen) atoms. The molecule has 98 valence electrons. The number of carbonyl (C=O) groups is 1.